The van der Waals surface area contributed by atoms with Crippen LogP contribution < -0.4 is 10.7 Å². The van der Waals surface area contributed by atoms with Crippen molar-refractivity contribution in [2.24, 2.45) is 11.8 Å². The van der Waals surface area contributed by atoms with Gasteiger partial charge in [-0.2, -0.15) is 5.01 Å². The molecule has 0 bridgehead atoms. The van der Waals surface area contributed by atoms with Gasteiger partial charge in [0.2, 0.25) is 0 Å². The van der Waals surface area contributed by atoms with Gasteiger partial charge in [-0.15, -0.1) is 0 Å². The van der Waals surface area contributed by atoms with Crippen LogP contribution in [0.1, 0.15) is 64.2 Å². The van der Waals surface area contributed by atoms with E-state index < -0.39 is 11.6 Å². The maximum Gasteiger partial charge on any atom is 0.344 e. The lowest BCUT2D eigenvalue weighted by atomic mass is 9.75. The molecule has 144 valence electrons. The summed E-state index contributed by atoms with van der Waals surface area (Å²) in [6.07, 6.45) is 10.7. The number of imide groups is 1. The van der Waals surface area contributed by atoms with E-state index in [4.69, 9.17) is 0 Å². The van der Waals surface area contributed by atoms with E-state index in [1.807, 2.05) is 0 Å². The van der Waals surface area contributed by atoms with Gasteiger partial charge in [0.25, 0.3) is 11.8 Å². The van der Waals surface area contributed by atoms with E-state index in [1.54, 1.807) is 0 Å². The summed E-state index contributed by atoms with van der Waals surface area (Å²) < 4.78 is 0. The number of nitrogens with one attached hydrogen (secondary N) is 2. The van der Waals surface area contributed by atoms with Gasteiger partial charge in [-0.1, -0.05) is 38.5 Å². The summed E-state index contributed by atoms with van der Waals surface area (Å²) in [5, 5.41) is 3.74. The molecule has 0 unspecified atom stereocenters. The second-order valence-corrected chi connectivity index (χ2v) is 8.58. The Kier molecular flexibility index (Phi) is 4.90. The molecule has 0 aromatic rings. The van der Waals surface area contributed by atoms with Crippen molar-refractivity contribution in [2.75, 3.05) is 19.6 Å². The van der Waals surface area contributed by atoms with Crippen LogP contribution in [0.25, 0.3) is 0 Å². The SMILES string of the molecule is O=C(CN1CC[C@H]2CCCC[C@H]2C1)NN1C(=O)NC2(CCCCC2)C1=O. The van der Waals surface area contributed by atoms with Crippen LogP contribution in [0.4, 0.5) is 4.79 Å². The number of piperidine rings is 1. The summed E-state index contributed by atoms with van der Waals surface area (Å²) in [5.41, 5.74) is 1.77. The van der Waals surface area contributed by atoms with Crippen molar-refractivity contribution in [3.05, 3.63) is 0 Å². The Balaban J connectivity index is 1.32. The topological polar surface area (TPSA) is 81.8 Å². The highest BCUT2D eigenvalue weighted by Gasteiger charge is 2.52. The molecule has 1 spiro atoms. The zero-order valence-electron chi connectivity index (χ0n) is 15.5. The van der Waals surface area contributed by atoms with Gasteiger partial charge in [0.15, 0.2) is 0 Å². The molecule has 2 aliphatic carbocycles. The van der Waals surface area contributed by atoms with E-state index in [2.05, 4.69) is 15.6 Å². The Morgan fingerprint density at radius 1 is 1.04 bits per heavy atom. The second kappa shape index (κ2) is 7.18. The van der Waals surface area contributed by atoms with E-state index in [0.717, 1.165) is 49.7 Å². The van der Waals surface area contributed by atoms with Gasteiger partial charge in [0.1, 0.15) is 5.54 Å². The Morgan fingerprint density at radius 3 is 2.54 bits per heavy atom. The van der Waals surface area contributed by atoms with Crippen LogP contribution in [0.3, 0.4) is 0 Å². The third kappa shape index (κ3) is 3.33. The molecule has 2 saturated carbocycles. The third-order valence-corrected chi connectivity index (χ3v) is 6.85. The zero-order valence-corrected chi connectivity index (χ0v) is 15.5. The van der Waals surface area contributed by atoms with E-state index in [0.29, 0.717) is 18.8 Å². The number of hydrogen-bond acceptors (Lipinski definition) is 4. The standard InChI is InChI=1S/C19H30N4O3/c24-16(13-22-11-8-14-6-2-3-7-15(14)12-22)21-23-17(25)19(20-18(23)26)9-4-1-5-10-19/h14-15H,1-13H2,(H,20,26)(H,21,24)/t14-,15+/m1/s1. The fourth-order valence-corrected chi connectivity index (χ4v) is 5.40. The number of hydrogen-bond donors (Lipinski definition) is 2. The molecule has 2 saturated heterocycles. The second-order valence-electron chi connectivity index (χ2n) is 8.58. The van der Waals surface area contributed by atoms with Crippen LogP contribution in [0.15, 0.2) is 0 Å². The number of nitrogens with zero attached hydrogens (tertiary/aromatic N) is 2. The minimum absolute atomic E-state index is 0.257. The largest absolute Gasteiger partial charge is 0.344 e. The molecular formula is C19H30N4O3. The van der Waals surface area contributed by atoms with Crippen molar-refractivity contribution in [3.63, 3.8) is 0 Å². The molecule has 7 heteroatoms. The van der Waals surface area contributed by atoms with Crippen LogP contribution in [-0.2, 0) is 9.59 Å². The van der Waals surface area contributed by atoms with Gasteiger partial charge in [-0.25, -0.2) is 4.79 Å². The van der Waals surface area contributed by atoms with Gasteiger partial charge in [-0.3, -0.25) is 19.9 Å². The molecule has 2 aliphatic heterocycles. The molecule has 4 aliphatic rings. The fourth-order valence-electron chi connectivity index (χ4n) is 5.40. The van der Waals surface area contributed by atoms with Crippen LogP contribution in [0.2, 0.25) is 0 Å². The predicted molar refractivity (Wildman–Crippen MR) is 95.8 cm³/mol. The van der Waals surface area contributed by atoms with Crippen molar-refractivity contribution < 1.29 is 14.4 Å². The van der Waals surface area contributed by atoms with E-state index in [1.165, 1.54) is 25.7 Å². The van der Waals surface area contributed by atoms with Gasteiger partial charge in [-0.05, 0) is 44.1 Å². The normalized spacial score (nSPS) is 31.6. The number of carbonyl (C=O) groups is 3. The first kappa shape index (κ1) is 17.8. The minimum Gasteiger partial charge on any atom is -0.322 e. The summed E-state index contributed by atoms with van der Waals surface area (Å²) in [6, 6.07) is -0.490. The monoisotopic (exact) mass is 362 g/mol. The smallest absolute Gasteiger partial charge is 0.322 e. The number of amides is 4. The Bertz CT molecular complexity index is 587. The Morgan fingerprint density at radius 2 is 1.77 bits per heavy atom. The maximum atomic E-state index is 12.7. The highest BCUT2D eigenvalue weighted by atomic mass is 16.2. The van der Waals surface area contributed by atoms with Gasteiger partial charge < -0.3 is 5.32 Å². The molecule has 0 aromatic heterocycles. The van der Waals surface area contributed by atoms with Gasteiger partial charge in [0.05, 0.1) is 6.54 Å². The lowest BCUT2D eigenvalue weighted by Crippen LogP contribution is -2.53. The Hall–Kier alpha value is -1.63. The maximum absolute atomic E-state index is 12.7. The highest BCUT2D eigenvalue weighted by Crippen LogP contribution is 2.36. The summed E-state index contributed by atoms with van der Waals surface area (Å²) in [6.45, 7) is 2.15. The van der Waals surface area contributed by atoms with Crippen molar-refractivity contribution in [2.45, 2.75) is 69.7 Å². The molecule has 2 N–H and O–H groups in total. The van der Waals surface area contributed by atoms with E-state index in [-0.39, 0.29) is 18.4 Å². The number of hydrazine groups is 1. The van der Waals surface area contributed by atoms with Crippen molar-refractivity contribution in [1.29, 1.82) is 0 Å². The first-order chi connectivity index (χ1) is 12.6. The molecule has 2 atom stereocenters. The van der Waals surface area contributed by atoms with Crippen LogP contribution in [-0.4, -0.2) is 52.9 Å². The molecule has 7 nitrogen and oxygen atoms in total. The number of fused-ring (bicyclic) bond motifs is 1. The average Bonchev–Trinajstić information content (AvgIpc) is 2.86. The van der Waals surface area contributed by atoms with Crippen LogP contribution >= 0.6 is 0 Å². The number of likely N-dealkylation sites (tertiary alicyclic amines) is 1. The van der Waals surface area contributed by atoms with Gasteiger partial charge in [0, 0.05) is 6.54 Å². The quantitative estimate of drug-likeness (QED) is 0.750. The molecule has 4 amide bonds. The number of rotatable bonds is 3. The first-order valence-electron chi connectivity index (χ1n) is 10.3. The van der Waals surface area contributed by atoms with E-state index >= 15 is 0 Å². The first-order valence-corrected chi connectivity index (χ1v) is 10.3. The van der Waals surface area contributed by atoms with Crippen molar-refractivity contribution in [3.8, 4) is 0 Å². The summed E-state index contributed by atoms with van der Waals surface area (Å²) in [5.74, 6) is 0.963. The van der Waals surface area contributed by atoms with E-state index in [9.17, 15) is 14.4 Å². The van der Waals surface area contributed by atoms with Crippen molar-refractivity contribution >= 4 is 17.8 Å². The molecular weight excluding hydrogens is 332 g/mol. The molecule has 26 heavy (non-hydrogen) atoms. The zero-order chi connectivity index (χ0) is 18.1. The fraction of sp³-hybridized carbons (Fsp3) is 0.842. The summed E-state index contributed by atoms with van der Waals surface area (Å²) >= 11 is 0. The number of urea groups is 1. The lowest BCUT2D eigenvalue weighted by Gasteiger charge is -2.41. The molecule has 0 radical (unpaired) electrons. The lowest BCUT2D eigenvalue weighted by molar-refractivity contribution is -0.140. The minimum atomic E-state index is -0.789. The average molecular weight is 362 g/mol. The third-order valence-electron chi connectivity index (χ3n) is 6.85. The molecule has 0 aromatic carbocycles. The summed E-state index contributed by atoms with van der Waals surface area (Å²) in [4.78, 5) is 39.6. The van der Waals surface area contributed by atoms with Crippen LogP contribution in [0, 0.1) is 11.8 Å². The van der Waals surface area contributed by atoms with Crippen molar-refractivity contribution in [1.82, 2.24) is 20.7 Å². The Labute approximate surface area is 154 Å². The van der Waals surface area contributed by atoms with Crippen LogP contribution in [0.5, 0.6) is 0 Å². The number of carbonyl (C=O) groups excluding carboxylic acids is 3. The molecule has 4 fully saturated rings. The molecule has 4 rings (SSSR count). The summed E-state index contributed by atoms with van der Waals surface area (Å²) in [7, 11) is 0. The van der Waals surface area contributed by atoms with Gasteiger partial charge >= 0.3 is 6.03 Å². The highest BCUT2D eigenvalue weighted by molar-refractivity contribution is 6.08. The molecule has 2 heterocycles. The predicted octanol–water partition coefficient (Wildman–Crippen LogP) is 1.78.